The van der Waals surface area contributed by atoms with Crippen LogP contribution in [0.15, 0.2) is 30.3 Å². The standard InChI is InChI=1S/C19H23NO4/c1-20-7-6-13-10-19(24-3)17(22)11-14(13)15(20)8-12-4-5-18(23-2)16(21)9-12/h4-5,9-11,15,21-22H,6-8H2,1-3H3/t15-/m0/s1. The first-order chi connectivity index (χ1) is 11.5. The summed E-state index contributed by atoms with van der Waals surface area (Å²) in [5, 5.41) is 20.1. The monoisotopic (exact) mass is 329 g/mol. The van der Waals surface area contributed by atoms with Crippen LogP contribution in [0.4, 0.5) is 0 Å². The SMILES string of the molecule is COc1ccc(C[C@H]2c3cc(O)c(OC)cc3CCN2C)cc1O. The molecule has 1 heterocycles. The van der Waals surface area contributed by atoms with Gasteiger partial charge in [0.2, 0.25) is 0 Å². The number of fused-ring (bicyclic) bond motifs is 1. The minimum Gasteiger partial charge on any atom is -0.504 e. The Kier molecular flexibility index (Phi) is 4.53. The third-order valence-electron chi connectivity index (χ3n) is 4.74. The third kappa shape index (κ3) is 2.99. The number of hydrogen-bond acceptors (Lipinski definition) is 5. The Morgan fingerprint density at radius 3 is 2.42 bits per heavy atom. The van der Waals surface area contributed by atoms with E-state index in [1.54, 1.807) is 25.3 Å². The van der Waals surface area contributed by atoms with Crippen molar-refractivity contribution in [2.45, 2.75) is 18.9 Å². The van der Waals surface area contributed by atoms with Gasteiger partial charge in [0.25, 0.3) is 0 Å². The molecule has 2 aromatic carbocycles. The van der Waals surface area contributed by atoms with E-state index >= 15 is 0 Å². The molecule has 5 heteroatoms. The molecule has 1 aliphatic rings. The third-order valence-corrected chi connectivity index (χ3v) is 4.74. The molecule has 0 aromatic heterocycles. The van der Waals surface area contributed by atoms with Gasteiger partial charge < -0.3 is 19.7 Å². The van der Waals surface area contributed by atoms with Crippen LogP contribution < -0.4 is 9.47 Å². The van der Waals surface area contributed by atoms with Gasteiger partial charge in [-0.05, 0) is 60.8 Å². The molecule has 0 amide bonds. The number of likely N-dealkylation sites (N-methyl/N-ethyl adjacent to an activating group) is 1. The number of methoxy groups -OCH3 is 2. The molecule has 24 heavy (non-hydrogen) atoms. The van der Waals surface area contributed by atoms with Crippen LogP contribution in [0, 0.1) is 0 Å². The average Bonchev–Trinajstić information content (AvgIpc) is 2.57. The van der Waals surface area contributed by atoms with Gasteiger partial charge in [-0.2, -0.15) is 0 Å². The number of hydrogen-bond donors (Lipinski definition) is 2. The maximum Gasteiger partial charge on any atom is 0.160 e. The van der Waals surface area contributed by atoms with Crippen molar-refractivity contribution in [1.29, 1.82) is 0 Å². The van der Waals surface area contributed by atoms with Gasteiger partial charge >= 0.3 is 0 Å². The van der Waals surface area contributed by atoms with Crippen LogP contribution in [0.2, 0.25) is 0 Å². The summed E-state index contributed by atoms with van der Waals surface area (Å²) in [4.78, 5) is 2.27. The second kappa shape index (κ2) is 6.61. The number of benzene rings is 2. The predicted molar refractivity (Wildman–Crippen MR) is 92.1 cm³/mol. The smallest absolute Gasteiger partial charge is 0.160 e. The molecule has 128 valence electrons. The van der Waals surface area contributed by atoms with Crippen molar-refractivity contribution in [2.75, 3.05) is 27.8 Å². The van der Waals surface area contributed by atoms with E-state index in [1.165, 1.54) is 12.7 Å². The van der Waals surface area contributed by atoms with Crippen molar-refractivity contribution in [3.63, 3.8) is 0 Å². The fraction of sp³-hybridized carbons (Fsp3) is 0.368. The average molecular weight is 329 g/mol. The first-order valence-corrected chi connectivity index (χ1v) is 7.99. The Hall–Kier alpha value is -2.40. The number of phenols is 2. The maximum atomic E-state index is 10.1. The highest BCUT2D eigenvalue weighted by Crippen LogP contribution is 2.39. The highest BCUT2D eigenvalue weighted by molar-refractivity contribution is 5.49. The van der Waals surface area contributed by atoms with Gasteiger partial charge in [-0.25, -0.2) is 0 Å². The van der Waals surface area contributed by atoms with Crippen molar-refractivity contribution in [3.8, 4) is 23.0 Å². The summed E-state index contributed by atoms with van der Waals surface area (Å²) in [6.07, 6.45) is 1.67. The van der Waals surface area contributed by atoms with Crippen LogP contribution >= 0.6 is 0 Å². The van der Waals surface area contributed by atoms with Crippen LogP contribution in [0.25, 0.3) is 0 Å². The lowest BCUT2D eigenvalue weighted by atomic mass is 9.88. The van der Waals surface area contributed by atoms with Crippen LogP contribution in [0.5, 0.6) is 23.0 Å². The van der Waals surface area contributed by atoms with Gasteiger partial charge in [-0.3, -0.25) is 4.90 Å². The molecule has 5 nitrogen and oxygen atoms in total. The Bertz CT molecular complexity index is 744. The van der Waals surface area contributed by atoms with Gasteiger partial charge in [0.1, 0.15) is 0 Å². The number of nitrogens with zero attached hydrogens (tertiary/aromatic N) is 1. The molecule has 0 saturated carbocycles. The Labute approximate surface area is 142 Å². The van der Waals surface area contributed by atoms with Gasteiger partial charge in [0.15, 0.2) is 23.0 Å². The summed E-state index contributed by atoms with van der Waals surface area (Å²) in [6, 6.07) is 9.35. The van der Waals surface area contributed by atoms with Crippen molar-refractivity contribution in [1.82, 2.24) is 4.90 Å². The molecule has 0 aliphatic carbocycles. The van der Waals surface area contributed by atoms with E-state index in [-0.39, 0.29) is 17.5 Å². The fourth-order valence-electron chi connectivity index (χ4n) is 3.36. The zero-order valence-corrected chi connectivity index (χ0v) is 14.2. The Morgan fingerprint density at radius 2 is 1.75 bits per heavy atom. The molecule has 0 spiro atoms. The van der Waals surface area contributed by atoms with Crippen LogP contribution in [-0.2, 0) is 12.8 Å². The topological polar surface area (TPSA) is 62.2 Å². The maximum absolute atomic E-state index is 10.1. The second-order valence-corrected chi connectivity index (χ2v) is 6.18. The minimum absolute atomic E-state index is 0.137. The lowest BCUT2D eigenvalue weighted by Crippen LogP contribution is -2.33. The van der Waals surface area contributed by atoms with Gasteiger partial charge in [-0.1, -0.05) is 6.07 Å². The largest absolute Gasteiger partial charge is 0.504 e. The molecule has 0 bridgehead atoms. The van der Waals surface area contributed by atoms with E-state index in [1.807, 2.05) is 12.1 Å². The van der Waals surface area contributed by atoms with Crippen LogP contribution in [-0.4, -0.2) is 42.9 Å². The van der Waals surface area contributed by atoms with E-state index in [4.69, 9.17) is 9.47 Å². The van der Waals surface area contributed by atoms with Crippen molar-refractivity contribution < 1.29 is 19.7 Å². The fourth-order valence-corrected chi connectivity index (χ4v) is 3.36. The molecular weight excluding hydrogens is 306 g/mol. The van der Waals surface area contributed by atoms with E-state index in [2.05, 4.69) is 11.9 Å². The van der Waals surface area contributed by atoms with Crippen LogP contribution in [0.1, 0.15) is 22.7 Å². The number of rotatable bonds is 4. The summed E-state index contributed by atoms with van der Waals surface area (Å²) < 4.78 is 10.3. The van der Waals surface area contributed by atoms with E-state index in [9.17, 15) is 10.2 Å². The first kappa shape index (κ1) is 16.5. The van der Waals surface area contributed by atoms with Gasteiger partial charge in [0.05, 0.1) is 14.2 Å². The Balaban J connectivity index is 1.94. The first-order valence-electron chi connectivity index (χ1n) is 7.99. The number of aromatic hydroxyl groups is 2. The molecule has 0 saturated heterocycles. The normalized spacial score (nSPS) is 17.4. The van der Waals surface area contributed by atoms with Crippen molar-refractivity contribution in [3.05, 3.63) is 47.0 Å². The molecule has 3 rings (SSSR count). The highest BCUT2D eigenvalue weighted by Gasteiger charge is 2.27. The van der Waals surface area contributed by atoms with Gasteiger partial charge in [-0.15, -0.1) is 0 Å². The zero-order chi connectivity index (χ0) is 17.3. The zero-order valence-electron chi connectivity index (χ0n) is 14.2. The molecule has 0 unspecified atom stereocenters. The number of ether oxygens (including phenoxy) is 2. The van der Waals surface area contributed by atoms with E-state index in [0.29, 0.717) is 11.5 Å². The molecule has 2 aromatic rings. The highest BCUT2D eigenvalue weighted by atomic mass is 16.5. The lowest BCUT2D eigenvalue weighted by Gasteiger charge is -2.35. The van der Waals surface area contributed by atoms with Crippen molar-refractivity contribution in [2.24, 2.45) is 0 Å². The second-order valence-electron chi connectivity index (χ2n) is 6.18. The summed E-state index contributed by atoms with van der Waals surface area (Å²) in [5.41, 5.74) is 3.33. The quantitative estimate of drug-likeness (QED) is 0.903. The molecule has 0 radical (unpaired) electrons. The summed E-state index contributed by atoms with van der Waals surface area (Å²) in [7, 11) is 5.18. The van der Waals surface area contributed by atoms with E-state index < -0.39 is 0 Å². The summed E-state index contributed by atoms with van der Waals surface area (Å²) >= 11 is 0. The molecule has 1 aliphatic heterocycles. The molecule has 1 atom stereocenters. The van der Waals surface area contributed by atoms with E-state index in [0.717, 1.165) is 30.5 Å². The molecular formula is C19H23NO4. The van der Waals surface area contributed by atoms with Gasteiger partial charge in [0, 0.05) is 12.6 Å². The summed E-state index contributed by atoms with van der Waals surface area (Å²) in [6.45, 7) is 0.938. The minimum atomic E-state index is 0.137. The van der Waals surface area contributed by atoms with Crippen molar-refractivity contribution >= 4 is 0 Å². The lowest BCUT2D eigenvalue weighted by molar-refractivity contribution is 0.228. The summed E-state index contributed by atoms with van der Waals surface area (Å²) in [5.74, 6) is 1.29. The molecule has 0 fully saturated rings. The predicted octanol–water partition coefficient (Wildman–Crippen LogP) is 2.89. The van der Waals surface area contributed by atoms with Crippen LogP contribution in [0.3, 0.4) is 0 Å². The molecule has 2 N–H and O–H groups in total. The number of phenolic OH excluding ortho intramolecular Hbond substituents is 2. The Morgan fingerprint density at radius 1 is 1.04 bits per heavy atom.